The molecule has 1 radical (unpaired) electrons. The molecule has 1 fully saturated rings. The predicted molar refractivity (Wildman–Crippen MR) is 128 cm³/mol. The zero-order valence-electron chi connectivity index (χ0n) is 17.9. The van der Waals surface area contributed by atoms with Crippen LogP contribution in [-0.4, -0.2) is 87.4 Å². The first-order chi connectivity index (χ1) is 15.0. The molecule has 1 saturated heterocycles. The molecule has 0 bridgehead atoms. The molecule has 0 spiro atoms. The molecule has 4 rings (SSSR count). The Kier molecular flexibility index (Phi) is 8.60. The van der Waals surface area contributed by atoms with Crippen LogP contribution in [0.3, 0.4) is 0 Å². The van der Waals surface area contributed by atoms with Crippen LogP contribution < -0.4 is 16.1 Å². The number of thiophene rings is 1. The summed E-state index contributed by atoms with van der Waals surface area (Å²) in [5.74, 6) is -0.982. The minimum absolute atomic E-state index is 0. The molecule has 32 heavy (non-hydrogen) atoms. The molecule has 0 amide bonds. The number of fused-ring (bicyclic) bond motifs is 1. The van der Waals surface area contributed by atoms with Crippen LogP contribution in [0, 0.1) is 0 Å². The summed E-state index contributed by atoms with van der Waals surface area (Å²) in [5.41, 5.74) is 0.754. The molecule has 1 aromatic carbocycles. The molecule has 2 aromatic heterocycles. The molecule has 165 valence electrons. The van der Waals surface area contributed by atoms with E-state index in [0.717, 1.165) is 36.9 Å². The number of aromatic nitrogens is 2. The molecule has 1 aliphatic heterocycles. The number of anilines is 1. The number of carbonyl (C=O) groups is 1. The number of nitrogens with zero attached hydrogens (tertiary/aromatic N) is 4. The van der Waals surface area contributed by atoms with Crippen molar-refractivity contribution in [1.82, 2.24) is 14.0 Å². The third-order valence-electron chi connectivity index (χ3n) is 5.62. The van der Waals surface area contributed by atoms with Gasteiger partial charge in [-0.25, -0.2) is 4.79 Å². The summed E-state index contributed by atoms with van der Waals surface area (Å²) >= 11 is 7.63. The van der Waals surface area contributed by atoms with E-state index in [1.165, 1.54) is 20.5 Å². The van der Waals surface area contributed by atoms with Gasteiger partial charge in [0.25, 0.3) is 5.56 Å². The van der Waals surface area contributed by atoms with Gasteiger partial charge < -0.3 is 10.0 Å². The molecule has 11 heteroatoms. The first kappa shape index (κ1) is 25.0. The van der Waals surface area contributed by atoms with Crippen molar-refractivity contribution in [2.24, 2.45) is 0 Å². The first-order valence-corrected chi connectivity index (χ1v) is 11.4. The van der Waals surface area contributed by atoms with E-state index in [0.29, 0.717) is 17.4 Å². The Bertz CT molecular complexity index is 1220. The summed E-state index contributed by atoms with van der Waals surface area (Å²) in [5, 5.41) is 13.6. The van der Waals surface area contributed by atoms with E-state index >= 15 is 0 Å². The van der Waals surface area contributed by atoms with Gasteiger partial charge in [0.15, 0.2) is 0 Å². The van der Waals surface area contributed by atoms with Crippen LogP contribution in [0.5, 0.6) is 0 Å². The minimum Gasteiger partial charge on any atom is -0.481 e. The van der Waals surface area contributed by atoms with Crippen molar-refractivity contribution in [3.63, 3.8) is 0 Å². The summed E-state index contributed by atoms with van der Waals surface area (Å²) in [6.45, 7) is 4.10. The molecule has 0 aliphatic carbocycles. The van der Waals surface area contributed by atoms with Crippen LogP contribution in [-0.2, 0) is 17.9 Å². The van der Waals surface area contributed by atoms with Gasteiger partial charge in [0.2, 0.25) is 0 Å². The van der Waals surface area contributed by atoms with E-state index in [2.05, 4.69) is 9.80 Å². The Labute approximate surface area is 215 Å². The van der Waals surface area contributed by atoms with E-state index in [-0.39, 0.29) is 54.6 Å². The fourth-order valence-electron chi connectivity index (χ4n) is 3.92. The number of halogens is 1. The van der Waals surface area contributed by atoms with Crippen LogP contribution >= 0.6 is 22.9 Å². The third kappa shape index (κ3) is 5.30. The zero-order chi connectivity index (χ0) is 22.0. The van der Waals surface area contributed by atoms with E-state index < -0.39 is 11.7 Å². The van der Waals surface area contributed by atoms with Crippen molar-refractivity contribution < 1.29 is 9.90 Å². The largest absolute Gasteiger partial charge is 0.481 e. The molecule has 8 nitrogen and oxygen atoms in total. The number of aryl methyl sites for hydroxylation is 1. The van der Waals surface area contributed by atoms with Crippen molar-refractivity contribution in [3.05, 3.63) is 60.9 Å². The predicted octanol–water partition coefficient (Wildman–Crippen LogP) is 1.79. The third-order valence-corrected chi connectivity index (χ3v) is 6.67. The number of rotatable bonds is 7. The summed E-state index contributed by atoms with van der Waals surface area (Å²) in [6, 6.07) is 7.77. The number of benzene rings is 1. The van der Waals surface area contributed by atoms with Crippen LogP contribution in [0.15, 0.2) is 44.6 Å². The second-order valence-corrected chi connectivity index (χ2v) is 8.64. The smallest absolute Gasteiger partial charge is 0.331 e. The van der Waals surface area contributed by atoms with Gasteiger partial charge in [0, 0.05) is 86.1 Å². The van der Waals surface area contributed by atoms with Crippen LogP contribution in [0.25, 0.3) is 10.9 Å². The van der Waals surface area contributed by atoms with Crippen LogP contribution in [0.4, 0.5) is 5.69 Å². The van der Waals surface area contributed by atoms with E-state index in [9.17, 15) is 14.4 Å². The molecule has 3 aromatic rings. The number of carboxylic acids is 1. The Morgan fingerprint density at radius 1 is 1.00 bits per heavy atom. The zero-order valence-corrected chi connectivity index (χ0v) is 21.4. The van der Waals surface area contributed by atoms with Gasteiger partial charge in [0.1, 0.15) is 0 Å². The fraction of sp³-hybridized carbons (Fsp3) is 0.381. The number of para-hydroxylation sites is 1. The average molecular weight is 486 g/mol. The molecule has 0 saturated carbocycles. The number of aliphatic carboxylic acids is 1. The average Bonchev–Trinajstić information content (AvgIpc) is 3.24. The molecule has 3 heterocycles. The van der Waals surface area contributed by atoms with E-state index in [1.807, 2.05) is 24.3 Å². The maximum atomic E-state index is 13.0. The molecule has 1 aliphatic rings. The standard InChI is InChI=1S/C21H23ClN4O4S.Na/c22-16-3-1-2-4-17(16)24-10-7-23(8-11-24)9-12-26-20(29)15-13-31-14-18(15)25(21(26)30)6-5-19(27)28;/h1-4,13-14H,5-12H2,(H,27,28);. The van der Waals surface area contributed by atoms with E-state index in [1.54, 1.807) is 10.8 Å². The van der Waals surface area contributed by atoms with Gasteiger partial charge in [0.05, 0.1) is 28.0 Å². The number of hydrogen-bond donors (Lipinski definition) is 1. The fourth-order valence-corrected chi connectivity index (χ4v) is 4.99. The van der Waals surface area contributed by atoms with Gasteiger partial charge in [-0.1, -0.05) is 23.7 Å². The maximum Gasteiger partial charge on any atom is 0.331 e. The van der Waals surface area contributed by atoms with Crippen molar-refractivity contribution in [1.29, 1.82) is 0 Å². The Morgan fingerprint density at radius 2 is 1.72 bits per heavy atom. The Morgan fingerprint density at radius 3 is 2.41 bits per heavy atom. The number of hydrogen-bond acceptors (Lipinski definition) is 6. The number of carboxylic acid groups (broad SMARTS) is 1. The summed E-state index contributed by atoms with van der Waals surface area (Å²) in [7, 11) is 0. The SMILES string of the molecule is O=C(O)CCn1c(=O)n(CCN2CCN(c3ccccc3Cl)CC2)c(=O)c2cscc21.[Na]. The monoisotopic (exact) mass is 485 g/mol. The Balaban J connectivity index is 0.00000289. The Hall–Kier alpha value is -1.62. The van der Waals surface area contributed by atoms with Gasteiger partial charge >= 0.3 is 11.7 Å². The topological polar surface area (TPSA) is 87.8 Å². The van der Waals surface area contributed by atoms with Crippen LogP contribution in [0.2, 0.25) is 5.02 Å². The minimum atomic E-state index is -0.982. The van der Waals surface area contributed by atoms with Crippen molar-refractivity contribution >= 4 is 75.1 Å². The summed E-state index contributed by atoms with van der Waals surface area (Å²) in [4.78, 5) is 41.3. The molecular formula is C21H23ClN4NaO4S. The van der Waals surface area contributed by atoms with Crippen molar-refractivity contribution in [2.45, 2.75) is 19.5 Å². The quantitative estimate of drug-likeness (QED) is 0.513. The second kappa shape index (κ2) is 11.0. The first-order valence-electron chi connectivity index (χ1n) is 10.1. The van der Waals surface area contributed by atoms with Gasteiger partial charge in [-0.15, -0.1) is 11.3 Å². The molecular weight excluding hydrogens is 463 g/mol. The number of piperazine rings is 1. The maximum absolute atomic E-state index is 13.0. The van der Waals surface area contributed by atoms with Gasteiger partial charge in [-0.3, -0.25) is 23.6 Å². The van der Waals surface area contributed by atoms with E-state index in [4.69, 9.17) is 16.7 Å². The van der Waals surface area contributed by atoms with Gasteiger partial charge in [-0.05, 0) is 12.1 Å². The van der Waals surface area contributed by atoms with Gasteiger partial charge in [-0.2, -0.15) is 0 Å². The summed E-state index contributed by atoms with van der Waals surface area (Å²) in [6.07, 6.45) is -0.174. The molecule has 1 N–H and O–H groups in total. The second-order valence-electron chi connectivity index (χ2n) is 7.49. The molecule has 0 unspecified atom stereocenters. The van der Waals surface area contributed by atoms with Crippen molar-refractivity contribution in [3.8, 4) is 0 Å². The molecule has 0 atom stereocenters. The normalized spacial score (nSPS) is 14.5. The summed E-state index contributed by atoms with van der Waals surface area (Å²) < 4.78 is 2.63. The van der Waals surface area contributed by atoms with Crippen molar-refractivity contribution in [2.75, 3.05) is 37.6 Å². The van der Waals surface area contributed by atoms with Crippen LogP contribution in [0.1, 0.15) is 6.42 Å².